The Morgan fingerprint density at radius 3 is 2.38 bits per heavy atom. The van der Waals surface area contributed by atoms with Crippen LogP contribution in [0.1, 0.15) is 25.8 Å². The quantitative estimate of drug-likeness (QED) is 0.630. The predicted molar refractivity (Wildman–Crippen MR) is 73.8 cm³/mol. The molecule has 1 atom stereocenters. The summed E-state index contributed by atoms with van der Waals surface area (Å²) in [5.74, 6) is 1.83. The van der Waals surface area contributed by atoms with E-state index in [4.69, 9.17) is 34.8 Å². The average Bonchev–Trinajstić information content (AvgIpc) is 2.20. The summed E-state index contributed by atoms with van der Waals surface area (Å²) >= 11 is 18.0. The second kappa shape index (κ2) is 6.74. The van der Waals surface area contributed by atoms with Crippen molar-refractivity contribution in [2.45, 2.75) is 26.7 Å². The lowest BCUT2D eigenvalue weighted by Crippen LogP contribution is -2.10. The molecule has 0 aliphatic heterocycles. The van der Waals surface area contributed by atoms with Gasteiger partial charge < -0.3 is 0 Å². The van der Waals surface area contributed by atoms with Crippen molar-refractivity contribution < 1.29 is 0 Å². The van der Waals surface area contributed by atoms with Crippen LogP contribution in [0.2, 0.25) is 10.0 Å². The molecule has 16 heavy (non-hydrogen) atoms. The summed E-state index contributed by atoms with van der Waals surface area (Å²) in [6.07, 6.45) is 2.06. The SMILES string of the molecule is CC(C)CC(CCl)Cc1ccc(Cl)cc1Cl. The largest absolute Gasteiger partial charge is 0.126 e. The van der Waals surface area contributed by atoms with Gasteiger partial charge in [0.25, 0.3) is 0 Å². The van der Waals surface area contributed by atoms with Crippen molar-refractivity contribution in [3.63, 3.8) is 0 Å². The van der Waals surface area contributed by atoms with Crippen molar-refractivity contribution in [1.29, 1.82) is 0 Å². The first-order valence-electron chi connectivity index (χ1n) is 5.52. The summed E-state index contributed by atoms with van der Waals surface area (Å²) in [4.78, 5) is 0. The van der Waals surface area contributed by atoms with Gasteiger partial charge in [0.05, 0.1) is 0 Å². The summed E-state index contributed by atoms with van der Waals surface area (Å²) in [7, 11) is 0. The fraction of sp³-hybridized carbons (Fsp3) is 0.538. The molecule has 1 unspecified atom stereocenters. The van der Waals surface area contributed by atoms with Gasteiger partial charge in [-0.2, -0.15) is 0 Å². The molecule has 0 saturated carbocycles. The zero-order valence-electron chi connectivity index (χ0n) is 9.64. The van der Waals surface area contributed by atoms with Crippen LogP contribution in [-0.2, 0) is 6.42 Å². The van der Waals surface area contributed by atoms with Gasteiger partial charge in [0.1, 0.15) is 0 Å². The van der Waals surface area contributed by atoms with Gasteiger partial charge in [0.15, 0.2) is 0 Å². The minimum Gasteiger partial charge on any atom is -0.126 e. The fourth-order valence-electron chi connectivity index (χ4n) is 1.87. The minimum absolute atomic E-state index is 0.486. The Kier molecular flexibility index (Phi) is 5.96. The minimum atomic E-state index is 0.486. The third-order valence-electron chi connectivity index (χ3n) is 2.55. The van der Waals surface area contributed by atoms with Crippen molar-refractivity contribution in [3.8, 4) is 0 Å². The summed E-state index contributed by atoms with van der Waals surface area (Å²) in [5, 5.41) is 1.42. The summed E-state index contributed by atoms with van der Waals surface area (Å²) in [5.41, 5.74) is 1.14. The van der Waals surface area contributed by atoms with E-state index in [1.54, 1.807) is 6.07 Å². The Bertz CT molecular complexity index is 334. The summed E-state index contributed by atoms with van der Waals surface area (Å²) in [6.45, 7) is 4.42. The molecule has 0 fully saturated rings. The van der Waals surface area contributed by atoms with E-state index in [0.717, 1.165) is 23.4 Å². The number of alkyl halides is 1. The van der Waals surface area contributed by atoms with E-state index in [1.807, 2.05) is 12.1 Å². The third kappa shape index (κ3) is 4.53. The first kappa shape index (κ1) is 14.2. The number of halogens is 3. The topological polar surface area (TPSA) is 0 Å². The first-order chi connectivity index (χ1) is 7.52. The van der Waals surface area contributed by atoms with Crippen LogP contribution >= 0.6 is 34.8 Å². The van der Waals surface area contributed by atoms with E-state index in [1.165, 1.54) is 0 Å². The van der Waals surface area contributed by atoms with E-state index < -0.39 is 0 Å². The molecular weight excluding hydrogens is 263 g/mol. The smallest absolute Gasteiger partial charge is 0.0452 e. The van der Waals surface area contributed by atoms with Crippen LogP contribution in [0.5, 0.6) is 0 Å². The van der Waals surface area contributed by atoms with Crippen LogP contribution in [0.25, 0.3) is 0 Å². The Morgan fingerprint density at radius 2 is 1.88 bits per heavy atom. The second-order valence-corrected chi connectivity index (χ2v) is 5.74. The van der Waals surface area contributed by atoms with Crippen molar-refractivity contribution in [3.05, 3.63) is 33.8 Å². The van der Waals surface area contributed by atoms with Crippen molar-refractivity contribution in [2.75, 3.05) is 5.88 Å². The second-order valence-electron chi connectivity index (χ2n) is 4.59. The Hall–Kier alpha value is 0.0900. The molecule has 0 aliphatic carbocycles. The third-order valence-corrected chi connectivity index (χ3v) is 3.57. The molecule has 0 radical (unpaired) electrons. The lowest BCUT2D eigenvalue weighted by molar-refractivity contribution is 0.441. The zero-order valence-corrected chi connectivity index (χ0v) is 11.9. The molecule has 0 saturated heterocycles. The van der Waals surface area contributed by atoms with Crippen LogP contribution in [0.4, 0.5) is 0 Å². The van der Waals surface area contributed by atoms with Gasteiger partial charge in [0.2, 0.25) is 0 Å². The van der Waals surface area contributed by atoms with Crippen LogP contribution in [0.15, 0.2) is 18.2 Å². The number of hydrogen-bond acceptors (Lipinski definition) is 0. The molecule has 0 heterocycles. The molecule has 0 nitrogen and oxygen atoms in total. The van der Waals surface area contributed by atoms with E-state index >= 15 is 0 Å². The van der Waals surface area contributed by atoms with E-state index in [2.05, 4.69) is 13.8 Å². The van der Waals surface area contributed by atoms with Crippen molar-refractivity contribution >= 4 is 34.8 Å². The molecule has 0 N–H and O–H groups in total. The normalized spacial score (nSPS) is 13.1. The van der Waals surface area contributed by atoms with Crippen LogP contribution in [0.3, 0.4) is 0 Å². The van der Waals surface area contributed by atoms with Gasteiger partial charge >= 0.3 is 0 Å². The molecule has 0 aliphatic rings. The highest BCUT2D eigenvalue weighted by Gasteiger charge is 2.12. The van der Waals surface area contributed by atoms with Gasteiger partial charge in [0, 0.05) is 15.9 Å². The lowest BCUT2D eigenvalue weighted by atomic mass is 9.92. The van der Waals surface area contributed by atoms with Gasteiger partial charge in [-0.3, -0.25) is 0 Å². The molecule has 90 valence electrons. The molecule has 1 rings (SSSR count). The first-order valence-corrected chi connectivity index (χ1v) is 6.81. The van der Waals surface area contributed by atoms with E-state index in [9.17, 15) is 0 Å². The van der Waals surface area contributed by atoms with Gasteiger partial charge in [-0.25, -0.2) is 0 Å². The van der Waals surface area contributed by atoms with E-state index in [-0.39, 0.29) is 0 Å². The monoisotopic (exact) mass is 278 g/mol. The lowest BCUT2D eigenvalue weighted by Gasteiger charge is -2.17. The van der Waals surface area contributed by atoms with Crippen LogP contribution in [0, 0.1) is 11.8 Å². The zero-order chi connectivity index (χ0) is 12.1. The number of benzene rings is 1. The maximum Gasteiger partial charge on any atom is 0.0452 e. The van der Waals surface area contributed by atoms with Gasteiger partial charge in [-0.15, -0.1) is 11.6 Å². The highest BCUT2D eigenvalue weighted by atomic mass is 35.5. The standard InChI is InChI=1S/C13H17Cl3/c1-9(2)5-10(8-14)6-11-3-4-12(15)7-13(11)16/h3-4,7,9-10H,5-6,8H2,1-2H3. The maximum absolute atomic E-state index is 6.14. The average molecular weight is 280 g/mol. The van der Waals surface area contributed by atoms with Crippen LogP contribution < -0.4 is 0 Å². The highest BCUT2D eigenvalue weighted by Crippen LogP contribution is 2.26. The molecule has 0 amide bonds. The number of rotatable bonds is 5. The molecule has 1 aromatic rings. The van der Waals surface area contributed by atoms with Crippen molar-refractivity contribution in [1.82, 2.24) is 0 Å². The van der Waals surface area contributed by atoms with E-state index in [0.29, 0.717) is 22.7 Å². The number of hydrogen-bond donors (Lipinski definition) is 0. The molecule has 3 heteroatoms. The van der Waals surface area contributed by atoms with Gasteiger partial charge in [-0.05, 0) is 42.4 Å². The molecule has 1 aromatic carbocycles. The highest BCUT2D eigenvalue weighted by molar-refractivity contribution is 6.35. The predicted octanol–water partition coefficient (Wildman–Crippen LogP) is 5.44. The van der Waals surface area contributed by atoms with Crippen LogP contribution in [-0.4, -0.2) is 5.88 Å². The Labute approximate surface area is 113 Å². The fourth-order valence-corrected chi connectivity index (χ4v) is 2.59. The molecule has 0 aromatic heterocycles. The summed E-state index contributed by atoms with van der Waals surface area (Å²) in [6, 6.07) is 5.66. The molecular formula is C13H17Cl3. The Balaban J connectivity index is 2.70. The maximum atomic E-state index is 6.14. The molecule has 0 spiro atoms. The van der Waals surface area contributed by atoms with Gasteiger partial charge in [-0.1, -0.05) is 43.1 Å². The Morgan fingerprint density at radius 1 is 1.19 bits per heavy atom. The van der Waals surface area contributed by atoms with Crippen molar-refractivity contribution in [2.24, 2.45) is 11.8 Å². The molecule has 0 bridgehead atoms. The summed E-state index contributed by atoms with van der Waals surface area (Å²) < 4.78 is 0.